The highest BCUT2D eigenvalue weighted by Crippen LogP contribution is 2.64. The molecule has 2 fully saturated rings. The van der Waals surface area contributed by atoms with Gasteiger partial charge in [0.25, 0.3) is 0 Å². The second kappa shape index (κ2) is 16.3. The molecule has 0 aromatic heterocycles. The molecule has 4 aromatic rings. The molecule has 7 aliphatic heterocycles. The second-order valence-electron chi connectivity index (χ2n) is 17.2. The minimum Gasteiger partial charge on any atom is -0.504 e. The highest BCUT2D eigenvalue weighted by molar-refractivity contribution is 7.99. The van der Waals surface area contributed by atoms with Gasteiger partial charge in [-0.3, -0.25) is 19.9 Å². The number of phenols is 1. The van der Waals surface area contributed by atoms with E-state index in [1.807, 2.05) is 57.3 Å². The summed E-state index contributed by atoms with van der Waals surface area (Å²) in [5, 5.41) is 26.4. The van der Waals surface area contributed by atoms with Crippen LogP contribution in [0.25, 0.3) is 6.08 Å². The average molecular weight is 901 g/mol. The van der Waals surface area contributed by atoms with Crippen molar-refractivity contribution in [1.29, 1.82) is 5.26 Å². The van der Waals surface area contributed by atoms with Gasteiger partial charge in [-0.15, -0.1) is 11.8 Å². The molecule has 65 heavy (non-hydrogen) atoms. The molecule has 0 saturated carbocycles. The van der Waals surface area contributed by atoms with Crippen LogP contribution in [-0.4, -0.2) is 97.9 Å². The zero-order chi connectivity index (χ0) is 45.5. The number of hydrogen-bond donors (Lipinski definition) is 2. The van der Waals surface area contributed by atoms with E-state index in [2.05, 4.69) is 21.2 Å². The van der Waals surface area contributed by atoms with Crippen molar-refractivity contribution in [1.82, 2.24) is 15.1 Å². The Bertz CT molecular complexity index is 2740. The summed E-state index contributed by atoms with van der Waals surface area (Å²) in [4.78, 5) is 45.7. The van der Waals surface area contributed by atoms with Crippen LogP contribution in [-0.2, 0) is 37.5 Å². The number of rotatable bonds is 6. The molecule has 2 N–H and O–H groups in total. The number of esters is 3. The van der Waals surface area contributed by atoms with Gasteiger partial charge in [0.15, 0.2) is 40.0 Å². The van der Waals surface area contributed by atoms with Gasteiger partial charge in [0.05, 0.1) is 37.6 Å². The topological polar surface area (TPSA) is 178 Å². The van der Waals surface area contributed by atoms with Crippen LogP contribution in [0.4, 0.5) is 0 Å². The Morgan fingerprint density at radius 3 is 2.51 bits per heavy atom. The summed E-state index contributed by atoms with van der Waals surface area (Å²) in [6, 6.07) is 14.7. The number of likely N-dealkylation sites (N-methyl/N-ethyl adjacent to an activating group) is 1. The van der Waals surface area contributed by atoms with E-state index in [1.165, 1.54) is 39.0 Å². The predicted molar refractivity (Wildman–Crippen MR) is 237 cm³/mol. The average Bonchev–Trinajstić information content (AvgIpc) is 3.79. The van der Waals surface area contributed by atoms with Crippen LogP contribution in [0.2, 0.25) is 0 Å². The lowest BCUT2D eigenvalue weighted by Gasteiger charge is -2.62. The lowest BCUT2D eigenvalue weighted by molar-refractivity contribution is -0.157. The number of nitrogens with zero attached hydrogens (tertiary/aromatic N) is 3. The SMILES string of the molecule is COc1cc2c(cc1OC(=O)C=Cc1ccccc1)CCN[C@]21CS[C@@H]2c3c(OC(C)=O)c(C)c4c(c3[C@H](COC1=O)N1C2[C@@H]2c3c(cc(C)c(OC)c3O)C[C@H]([C@@H]1C#N)N2C)OCO4. The summed E-state index contributed by atoms with van der Waals surface area (Å²) in [6.07, 6.45) is 3.99. The Morgan fingerprint density at radius 1 is 0.985 bits per heavy atom. The number of nitrogens with one attached hydrogen (secondary N) is 1. The van der Waals surface area contributed by atoms with Crippen molar-refractivity contribution in [3.8, 4) is 46.3 Å². The monoisotopic (exact) mass is 900 g/mol. The number of aryl methyl sites for hydroxylation is 1. The first-order chi connectivity index (χ1) is 31.4. The van der Waals surface area contributed by atoms with E-state index < -0.39 is 52.9 Å². The highest BCUT2D eigenvalue weighted by Gasteiger charge is 2.62. The van der Waals surface area contributed by atoms with Crippen molar-refractivity contribution in [2.45, 2.75) is 74.6 Å². The number of phenolic OH excluding ortho intramolecular Hbond substituents is 1. The molecule has 2 saturated heterocycles. The van der Waals surface area contributed by atoms with Crippen LogP contribution >= 0.6 is 11.8 Å². The van der Waals surface area contributed by atoms with Crippen molar-refractivity contribution < 1.29 is 52.6 Å². The third kappa shape index (κ3) is 6.61. The van der Waals surface area contributed by atoms with E-state index in [-0.39, 0.29) is 42.4 Å². The molecule has 336 valence electrons. The molecule has 0 radical (unpaired) electrons. The molecule has 16 heteroatoms. The van der Waals surface area contributed by atoms with Gasteiger partial charge in [-0.25, -0.2) is 9.59 Å². The number of carbonyl (C=O) groups is 3. The maximum absolute atomic E-state index is 15.1. The van der Waals surface area contributed by atoms with Gasteiger partial charge in [-0.1, -0.05) is 36.4 Å². The summed E-state index contributed by atoms with van der Waals surface area (Å²) in [7, 11) is 4.99. The second-order valence-corrected chi connectivity index (χ2v) is 18.4. The van der Waals surface area contributed by atoms with E-state index in [0.717, 1.165) is 22.3 Å². The number of hydrogen-bond acceptors (Lipinski definition) is 16. The number of benzene rings is 4. The van der Waals surface area contributed by atoms with Crippen LogP contribution in [0.1, 0.15) is 74.3 Å². The lowest BCUT2D eigenvalue weighted by Crippen LogP contribution is -2.69. The molecule has 15 nitrogen and oxygen atoms in total. The van der Waals surface area contributed by atoms with Crippen LogP contribution < -0.4 is 33.7 Å². The molecule has 7 aliphatic rings. The fraction of sp³-hybridized carbons (Fsp3) is 0.388. The summed E-state index contributed by atoms with van der Waals surface area (Å²) in [6.45, 7) is 5.16. The van der Waals surface area contributed by atoms with E-state index in [0.29, 0.717) is 70.2 Å². The van der Waals surface area contributed by atoms with Crippen molar-refractivity contribution >= 4 is 35.7 Å². The van der Waals surface area contributed by atoms with Gasteiger partial charge in [0.2, 0.25) is 6.79 Å². The Hall–Kier alpha value is -6.25. The van der Waals surface area contributed by atoms with Crippen LogP contribution in [0.5, 0.6) is 40.2 Å². The first kappa shape index (κ1) is 42.7. The van der Waals surface area contributed by atoms with Crippen LogP contribution in [0, 0.1) is 25.2 Å². The first-order valence-corrected chi connectivity index (χ1v) is 22.6. The van der Waals surface area contributed by atoms with E-state index in [9.17, 15) is 20.0 Å². The molecule has 7 heterocycles. The van der Waals surface area contributed by atoms with E-state index in [1.54, 1.807) is 18.2 Å². The summed E-state index contributed by atoms with van der Waals surface area (Å²) in [5.41, 5.74) is 5.00. The van der Waals surface area contributed by atoms with Crippen LogP contribution in [0.15, 0.2) is 54.6 Å². The summed E-state index contributed by atoms with van der Waals surface area (Å²) >= 11 is 1.46. The number of thioether (sulfide) groups is 1. The van der Waals surface area contributed by atoms with E-state index in [4.69, 9.17) is 33.2 Å². The molecule has 0 aliphatic carbocycles. The maximum Gasteiger partial charge on any atom is 0.336 e. The molecular weight excluding hydrogens is 853 g/mol. The Balaban J connectivity index is 1.15. The molecule has 11 rings (SSSR count). The largest absolute Gasteiger partial charge is 0.504 e. The highest BCUT2D eigenvalue weighted by atomic mass is 32.2. The van der Waals surface area contributed by atoms with Crippen LogP contribution in [0.3, 0.4) is 0 Å². The molecule has 4 bridgehead atoms. The molecule has 1 spiro atoms. The van der Waals surface area contributed by atoms with Gasteiger partial charge in [-0.2, -0.15) is 5.26 Å². The first-order valence-electron chi connectivity index (χ1n) is 21.5. The zero-order valence-electron chi connectivity index (χ0n) is 36.8. The van der Waals surface area contributed by atoms with Crippen molar-refractivity contribution in [3.63, 3.8) is 0 Å². The molecule has 1 unspecified atom stereocenters. The zero-order valence-corrected chi connectivity index (χ0v) is 37.6. The number of nitriles is 1. The van der Waals surface area contributed by atoms with E-state index >= 15 is 4.79 Å². The predicted octanol–water partition coefficient (Wildman–Crippen LogP) is 5.90. The van der Waals surface area contributed by atoms with Gasteiger partial charge in [0, 0.05) is 59.6 Å². The Labute approximate surface area is 380 Å². The Morgan fingerprint density at radius 2 is 1.77 bits per heavy atom. The molecule has 4 aromatic carbocycles. The number of methoxy groups -OCH3 is 2. The molecular formula is C49H48N4O11S. The summed E-state index contributed by atoms with van der Waals surface area (Å²) in [5.74, 6) is 0.443. The number of fused-ring (bicyclic) bond motifs is 9. The minimum absolute atomic E-state index is 0.0263. The fourth-order valence-electron chi connectivity index (χ4n) is 11.1. The number of aromatic hydroxyl groups is 1. The van der Waals surface area contributed by atoms with Crippen molar-refractivity contribution in [3.05, 3.63) is 105 Å². The van der Waals surface area contributed by atoms with Gasteiger partial charge >= 0.3 is 17.9 Å². The van der Waals surface area contributed by atoms with Gasteiger partial charge in [-0.05, 0) is 79.8 Å². The third-order valence-electron chi connectivity index (χ3n) is 13.8. The number of carbonyl (C=O) groups excluding carboxylic acids is 3. The standard InChI is InChI=1S/C49H48N4O11S/c1-24-16-29-17-31-32(20-50)53-33-21-60-48(57)49(30-19-34(58-5)35(18-28(30)14-15-51-49)64-36(55)13-12-27-10-8-7-9-11-27)22-65-47(41(53)40(52(31)4)37(29)42(56)43(24)59-6)39-38(33)46-45(61-23-62-46)25(2)44(39)63-26(3)54/h7-13,16,18-19,31-33,40-41,47,51,56H,14-15,17,21-23H2,1-6H3/t31-,32+,33+,40+,41?,47-,49-/m1/s1. The van der Waals surface area contributed by atoms with Crippen molar-refractivity contribution in [2.24, 2.45) is 0 Å². The smallest absolute Gasteiger partial charge is 0.336 e. The number of ether oxygens (including phenoxy) is 7. The fourth-order valence-corrected chi connectivity index (χ4v) is 12.8. The third-order valence-corrected chi connectivity index (χ3v) is 15.3. The quantitative estimate of drug-likeness (QED) is 0.133. The van der Waals surface area contributed by atoms with Gasteiger partial charge in [0.1, 0.15) is 18.4 Å². The normalized spacial score (nSPS) is 26.3. The van der Waals surface area contributed by atoms with Crippen molar-refractivity contribution in [2.75, 3.05) is 47.0 Å². The van der Waals surface area contributed by atoms with Gasteiger partial charge < -0.3 is 38.3 Å². The Kier molecular flexibility index (Phi) is 10.7. The summed E-state index contributed by atoms with van der Waals surface area (Å²) < 4.78 is 42.5. The molecule has 7 atom stereocenters. The minimum atomic E-state index is -1.44. The maximum atomic E-state index is 15.1. The number of piperazine rings is 1. The lowest BCUT2D eigenvalue weighted by atomic mass is 9.71. The molecule has 0 amide bonds.